The van der Waals surface area contributed by atoms with E-state index in [9.17, 15) is 0 Å². The Balaban J connectivity index is 1.83. The fourth-order valence-corrected chi connectivity index (χ4v) is 1.92. The molecule has 15 heavy (non-hydrogen) atoms. The molecule has 1 aromatic heterocycles. The van der Waals surface area contributed by atoms with Gasteiger partial charge in [0, 0.05) is 15.8 Å². The topological polar surface area (TPSA) is 44.5 Å². The Kier molecular flexibility index (Phi) is 3.75. The van der Waals surface area contributed by atoms with Crippen LogP contribution in [0.25, 0.3) is 0 Å². The molecule has 1 saturated heterocycles. The molecule has 0 aliphatic carbocycles. The zero-order valence-electron chi connectivity index (χ0n) is 8.36. The maximum absolute atomic E-state index is 5.59. The van der Waals surface area contributed by atoms with Gasteiger partial charge >= 0.3 is 0 Å². The van der Waals surface area contributed by atoms with E-state index in [1.54, 1.807) is 11.3 Å². The third kappa shape index (κ3) is 3.05. The van der Waals surface area contributed by atoms with Crippen LogP contribution in [0.2, 0.25) is 0 Å². The summed E-state index contributed by atoms with van der Waals surface area (Å²) in [5, 5.41) is 2.03. The second-order valence-electron chi connectivity index (χ2n) is 3.28. The second kappa shape index (κ2) is 5.29. The molecule has 1 aliphatic rings. The van der Waals surface area contributed by atoms with E-state index in [1.807, 2.05) is 11.4 Å². The van der Waals surface area contributed by atoms with E-state index in [2.05, 4.69) is 11.8 Å². The largest absolute Gasteiger partial charge is 0.376 e. The number of ether oxygens (including phenoxy) is 2. The fraction of sp³-hybridized carbons (Fsp3) is 0.455. The minimum absolute atomic E-state index is 0.283. The summed E-state index contributed by atoms with van der Waals surface area (Å²) in [4.78, 5) is 1.20. The smallest absolute Gasteiger partial charge is 0.105 e. The molecule has 0 bridgehead atoms. The molecular weight excluding hydrogens is 210 g/mol. The molecular formula is C11H13NO2S. The first kappa shape index (κ1) is 10.7. The Bertz CT molecular complexity index is 373. The maximum atomic E-state index is 5.59. The third-order valence-electron chi connectivity index (χ3n) is 2.06. The van der Waals surface area contributed by atoms with Crippen molar-refractivity contribution in [2.75, 3.05) is 19.8 Å². The molecule has 0 amide bonds. The van der Waals surface area contributed by atoms with E-state index >= 15 is 0 Å². The van der Waals surface area contributed by atoms with Gasteiger partial charge in [-0.05, 0) is 6.07 Å². The van der Waals surface area contributed by atoms with E-state index in [4.69, 9.17) is 15.2 Å². The maximum Gasteiger partial charge on any atom is 0.105 e. The quantitative estimate of drug-likeness (QED) is 0.777. The summed E-state index contributed by atoms with van der Waals surface area (Å²) in [5.41, 5.74) is 6.32. The first-order valence-corrected chi connectivity index (χ1v) is 5.72. The van der Waals surface area contributed by atoms with Gasteiger partial charge in [-0.25, -0.2) is 0 Å². The van der Waals surface area contributed by atoms with Gasteiger partial charge in [-0.15, -0.1) is 11.3 Å². The fourth-order valence-electron chi connectivity index (χ4n) is 1.19. The molecule has 0 spiro atoms. The van der Waals surface area contributed by atoms with Gasteiger partial charge in [0.05, 0.1) is 26.4 Å². The lowest BCUT2D eigenvalue weighted by atomic mass is 10.3. The zero-order chi connectivity index (χ0) is 10.5. The van der Waals surface area contributed by atoms with Crippen molar-refractivity contribution >= 4 is 11.3 Å². The molecule has 0 unspecified atom stereocenters. The molecule has 0 saturated carbocycles. The standard InChI is InChI=1S/C11H13NO2S/c12-3-1-2-9-4-11(15-8-9)7-14-10-5-13-6-10/h4,8,10H,3,5-7,12H2. The molecule has 80 valence electrons. The predicted octanol–water partition coefficient (Wildman–Crippen LogP) is 0.974. The summed E-state index contributed by atoms with van der Waals surface area (Å²) in [5.74, 6) is 5.82. The van der Waals surface area contributed by atoms with Gasteiger partial charge in [0.15, 0.2) is 0 Å². The average Bonchev–Trinajstić information content (AvgIpc) is 2.60. The summed E-state index contributed by atoms with van der Waals surface area (Å²) in [6.45, 7) is 2.51. The van der Waals surface area contributed by atoms with E-state index in [0.29, 0.717) is 13.2 Å². The van der Waals surface area contributed by atoms with E-state index in [0.717, 1.165) is 18.8 Å². The summed E-state index contributed by atoms with van der Waals surface area (Å²) < 4.78 is 10.6. The van der Waals surface area contributed by atoms with Crippen molar-refractivity contribution in [3.8, 4) is 11.8 Å². The first-order chi connectivity index (χ1) is 7.38. The van der Waals surface area contributed by atoms with Crippen molar-refractivity contribution in [2.45, 2.75) is 12.7 Å². The molecule has 1 fully saturated rings. The summed E-state index contributed by atoms with van der Waals surface area (Å²) in [6.07, 6.45) is 0.283. The van der Waals surface area contributed by atoms with Crippen LogP contribution < -0.4 is 5.73 Å². The number of hydrogen-bond acceptors (Lipinski definition) is 4. The third-order valence-corrected chi connectivity index (χ3v) is 2.97. The molecule has 2 rings (SSSR count). The van der Waals surface area contributed by atoms with Crippen molar-refractivity contribution < 1.29 is 9.47 Å². The van der Waals surface area contributed by atoms with Crippen molar-refractivity contribution in [1.82, 2.24) is 0 Å². The minimum Gasteiger partial charge on any atom is -0.376 e. The minimum atomic E-state index is 0.283. The summed E-state index contributed by atoms with van der Waals surface area (Å²) in [6, 6.07) is 2.05. The Hall–Kier alpha value is -0.860. The highest BCUT2D eigenvalue weighted by Crippen LogP contribution is 2.17. The van der Waals surface area contributed by atoms with Gasteiger partial charge in [0.1, 0.15) is 6.10 Å². The van der Waals surface area contributed by atoms with E-state index in [-0.39, 0.29) is 6.10 Å². The number of thiophene rings is 1. The molecule has 3 nitrogen and oxygen atoms in total. The molecule has 2 N–H and O–H groups in total. The summed E-state index contributed by atoms with van der Waals surface area (Å²) in [7, 11) is 0. The lowest BCUT2D eigenvalue weighted by Gasteiger charge is -2.25. The Morgan fingerprint density at radius 1 is 1.60 bits per heavy atom. The van der Waals surface area contributed by atoms with Crippen molar-refractivity contribution in [3.63, 3.8) is 0 Å². The lowest BCUT2D eigenvalue weighted by molar-refractivity contribution is -0.134. The van der Waals surface area contributed by atoms with Crippen LogP contribution in [0.15, 0.2) is 11.4 Å². The SMILES string of the molecule is NCC#Cc1csc(COC2COC2)c1. The van der Waals surface area contributed by atoms with Crippen molar-refractivity contribution in [2.24, 2.45) is 5.73 Å². The Labute approximate surface area is 93.2 Å². The van der Waals surface area contributed by atoms with Gasteiger partial charge in [-0.3, -0.25) is 0 Å². The zero-order valence-corrected chi connectivity index (χ0v) is 9.18. The second-order valence-corrected chi connectivity index (χ2v) is 4.27. The van der Waals surface area contributed by atoms with Crippen LogP contribution in [0.3, 0.4) is 0 Å². The molecule has 2 heterocycles. The highest BCUT2D eigenvalue weighted by molar-refractivity contribution is 7.10. The van der Waals surface area contributed by atoms with Gasteiger partial charge in [0.25, 0.3) is 0 Å². The van der Waals surface area contributed by atoms with Crippen LogP contribution in [0.4, 0.5) is 0 Å². The molecule has 0 aromatic carbocycles. The van der Waals surface area contributed by atoms with E-state index in [1.165, 1.54) is 4.88 Å². The lowest BCUT2D eigenvalue weighted by Crippen LogP contribution is -2.35. The molecule has 4 heteroatoms. The van der Waals surface area contributed by atoms with Crippen LogP contribution in [-0.4, -0.2) is 25.9 Å². The molecule has 0 radical (unpaired) electrons. The highest BCUT2D eigenvalue weighted by atomic mass is 32.1. The Morgan fingerprint density at radius 2 is 2.47 bits per heavy atom. The van der Waals surface area contributed by atoms with Crippen LogP contribution in [0.5, 0.6) is 0 Å². The van der Waals surface area contributed by atoms with Gasteiger partial charge < -0.3 is 15.2 Å². The molecule has 0 atom stereocenters. The molecule has 1 aliphatic heterocycles. The van der Waals surface area contributed by atoms with Crippen LogP contribution in [0, 0.1) is 11.8 Å². The van der Waals surface area contributed by atoms with Gasteiger partial charge in [-0.1, -0.05) is 11.8 Å². The van der Waals surface area contributed by atoms with Crippen LogP contribution >= 0.6 is 11.3 Å². The monoisotopic (exact) mass is 223 g/mol. The van der Waals surface area contributed by atoms with Crippen molar-refractivity contribution in [3.05, 3.63) is 21.9 Å². The van der Waals surface area contributed by atoms with E-state index < -0.39 is 0 Å². The van der Waals surface area contributed by atoms with Crippen molar-refractivity contribution in [1.29, 1.82) is 0 Å². The highest BCUT2D eigenvalue weighted by Gasteiger charge is 2.18. The predicted molar refractivity (Wildman–Crippen MR) is 59.6 cm³/mol. The normalized spacial score (nSPS) is 15.5. The van der Waals surface area contributed by atoms with Gasteiger partial charge in [-0.2, -0.15) is 0 Å². The van der Waals surface area contributed by atoms with Gasteiger partial charge in [0.2, 0.25) is 0 Å². The number of rotatable bonds is 3. The first-order valence-electron chi connectivity index (χ1n) is 4.84. The Morgan fingerprint density at radius 3 is 3.13 bits per heavy atom. The summed E-state index contributed by atoms with van der Waals surface area (Å²) >= 11 is 1.67. The number of nitrogens with two attached hydrogens (primary N) is 1. The van der Waals surface area contributed by atoms with Crippen LogP contribution in [0.1, 0.15) is 10.4 Å². The average molecular weight is 223 g/mol. The number of hydrogen-bond donors (Lipinski definition) is 1. The molecule has 1 aromatic rings. The van der Waals surface area contributed by atoms with Crippen LogP contribution in [-0.2, 0) is 16.1 Å².